The standard InChI is InChI=1S/C11H21NO3/c1-10(2,3)15-9(13)11(14-4)5-7-12-8-6-11/h12H,5-8H2,1-4H3. The van der Waals surface area contributed by atoms with Gasteiger partial charge in [-0.2, -0.15) is 0 Å². The van der Waals surface area contributed by atoms with E-state index in [1.807, 2.05) is 20.8 Å². The quantitative estimate of drug-likeness (QED) is 0.701. The van der Waals surface area contributed by atoms with E-state index in [0.29, 0.717) is 12.8 Å². The summed E-state index contributed by atoms with van der Waals surface area (Å²) in [6.45, 7) is 7.21. The Labute approximate surface area is 91.3 Å². The summed E-state index contributed by atoms with van der Waals surface area (Å²) in [7, 11) is 1.58. The maximum atomic E-state index is 12.0. The fraction of sp³-hybridized carbons (Fsp3) is 0.909. The normalized spacial score (nSPS) is 21.1. The van der Waals surface area contributed by atoms with Crippen molar-refractivity contribution in [3.63, 3.8) is 0 Å². The zero-order valence-electron chi connectivity index (χ0n) is 10.1. The molecule has 0 saturated carbocycles. The summed E-state index contributed by atoms with van der Waals surface area (Å²) < 4.78 is 10.8. The van der Waals surface area contributed by atoms with E-state index in [9.17, 15) is 4.79 Å². The second-order valence-electron chi connectivity index (χ2n) is 4.95. The van der Waals surface area contributed by atoms with Crippen molar-refractivity contribution in [2.45, 2.75) is 44.8 Å². The molecule has 0 unspecified atom stereocenters. The van der Waals surface area contributed by atoms with Crippen molar-refractivity contribution in [1.82, 2.24) is 5.32 Å². The highest BCUT2D eigenvalue weighted by molar-refractivity contribution is 5.80. The number of nitrogens with one attached hydrogen (secondary N) is 1. The van der Waals surface area contributed by atoms with Gasteiger partial charge in [0.05, 0.1) is 0 Å². The summed E-state index contributed by atoms with van der Waals surface area (Å²) in [5, 5.41) is 3.20. The lowest BCUT2D eigenvalue weighted by Crippen LogP contribution is -2.51. The fourth-order valence-electron chi connectivity index (χ4n) is 1.69. The average molecular weight is 215 g/mol. The molecule has 0 bridgehead atoms. The first kappa shape index (κ1) is 12.5. The molecule has 0 aromatic heterocycles. The molecule has 4 nitrogen and oxygen atoms in total. The predicted octanol–water partition coefficient (Wildman–Crippen LogP) is 1.10. The zero-order chi connectivity index (χ0) is 11.5. The van der Waals surface area contributed by atoms with E-state index >= 15 is 0 Å². The van der Waals surface area contributed by atoms with Crippen molar-refractivity contribution < 1.29 is 14.3 Å². The number of piperidine rings is 1. The smallest absolute Gasteiger partial charge is 0.339 e. The number of ether oxygens (including phenoxy) is 2. The number of hydrogen-bond donors (Lipinski definition) is 1. The molecule has 0 atom stereocenters. The Kier molecular flexibility index (Phi) is 3.73. The van der Waals surface area contributed by atoms with Crippen LogP contribution in [-0.2, 0) is 14.3 Å². The molecule has 1 saturated heterocycles. The molecule has 1 heterocycles. The average Bonchev–Trinajstić information content (AvgIpc) is 2.16. The van der Waals surface area contributed by atoms with Crippen LogP contribution in [0.25, 0.3) is 0 Å². The maximum absolute atomic E-state index is 12.0. The Balaban J connectivity index is 2.68. The molecular formula is C11H21NO3. The molecule has 0 aliphatic carbocycles. The van der Waals surface area contributed by atoms with E-state index in [2.05, 4.69) is 5.32 Å². The van der Waals surface area contributed by atoms with Crippen LogP contribution < -0.4 is 5.32 Å². The topological polar surface area (TPSA) is 47.6 Å². The van der Waals surface area contributed by atoms with Crippen molar-refractivity contribution in [2.24, 2.45) is 0 Å². The fourth-order valence-corrected chi connectivity index (χ4v) is 1.69. The van der Waals surface area contributed by atoms with Gasteiger partial charge >= 0.3 is 5.97 Å². The van der Waals surface area contributed by atoms with Gasteiger partial charge in [-0.05, 0) is 46.7 Å². The molecule has 0 aromatic rings. The van der Waals surface area contributed by atoms with Crippen LogP contribution in [0.4, 0.5) is 0 Å². The highest BCUT2D eigenvalue weighted by Gasteiger charge is 2.42. The van der Waals surface area contributed by atoms with Crippen molar-refractivity contribution >= 4 is 5.97 Å². The van der Waals surface area contributed by atoms with Crippen LogP contribution in [0.1, 0.15) is 33.6 Å². The number of rotatable bonds is 2. The molecule has 0 aromatic carbocycles. The third-order valence-electron chi connectivity index (χ3n) is 2.57. The molecular weight excluding hydrogens is 194 g/mol. The van der Waals surface area contributed by atoms with Crippen molar-refractivity contribution in [3.05, 3.63) is 0 Å². The Morgan fingerprint density at radius 2 is 1.80 bits per heavy atom. The molecule has 1 fully saturated rings. The van der Waals surface area contributed by atoms with Crippen LogP contribution in [0.2, 0.25) is 0 Å². The largest absolute Gasteiger partial charge is 0.458 e. The molecule has 1 aliphatic heterocycles. The highest BCUT2D eigenvalue weighted by atomic mass is 16.6. The molecule has 1 N–H and O–H groups in total. The molecule has 0 amide bonds. The summed E-state index contributed by atoms with van der Waals surface area (Å²) in [4.78, 5) is 12.0. The van der Waals surface area contributed by atoms with Crippen LogP contribution in [0.5, 0.6) is 0 Å². The molecule has 0 spiro atoms. The van der Waals surface area contributed by atoms with Crippen LogP contribution in [0.15, 0.2) is 0 Å². The number of esters is 1. The van der Waals surface area contributed by atoms with Crippen molar-refractivity contribution in [1.29, 1.82) is 0 Å². The first-order chi connectivity index (χ1) is 6.90. The molecule has 15 heavy (non-hydrogen) atoms. The van der Waals surface area contributed by atoms with E-state index < -0.39 is 11.2 Å². The lowest BCUT2D eigenvalue weighted by molar-refractivity contribution is -0.183. The van der Waals surface area contributed by atoms with Crippen LogP contribution in [-0.4, -0.2) is 37.4 Å². The Morgan fingerprint density at radius 1 is 1.27 bits per heavy atom. The summed E-state index contributed by atoms with van der Waals surface area (Å²) in [6.07, 6.45) is 1.36. The Bertz CT molecular complexity index is 226. The minimum Gasteiger partial charge on any atom is -0.458 e. The molecule has 4 heteroatoms. The number of hydrogen-bond acceptors (Lipinski definition) is 4. The van der Waals surface area contributed by atoms with Crippen LogP contribution in [0.3, 0.4) is 0 Å². The maximum Gasteiger partial charge on any atom is 0.339 e. The van der Waals surface area contributed by atoms with E-state index in [1.165, 1.54) is 0 Å². The monoisotopic (exact) mass is 215 g/mol. The summed E-state index contributed by atoms with van der Waals surface area (Å²) >= 11 is 0. The SMILES string of the molecule is COC1(C(=O)OC(C)(C)C)CCNCC1. The van der Waals surface area contributed by atoms with Gasteiger partial charge in [0.25, 0.3) is 0 Å². The van der Waals surface area contributed by atoms with Gasteiger partial charge in [0.15, 0.2) is 5.60 Å². The van der Waals surface area contributed by atoms with Gasteiger partial charge in [-0.25, -0.2) is 4.79 Å². The number of carbonyl (C=O) groups is 1. The van der Waals surface area contributed by atoms with E-state index in [1.54, 1.807) is 7.11 Å². The van der Waals surface area contributed by atoms with Crippen molar-refractivity contribution in [3.8, 4) is 0 Å². The van der Waals surface area contributed by atoms with Gasteiger partial charge < -0.3 is 14.8 Å². The Morgan fingerprint density at radius 3 is 2.20 bits per heavy atom. The van der Waals surface area contributed by atoms with Gasteiger partial charge in [0.2, 0.25) is 0 Å². The minimum absolute atomic E-state index is 0.237. The summed E-state index contributed by atoms with van der Waals surface area (Å²) in [6, 6.07) is 0. The number of methoxy groups -OCH3 is 1. The molecule has 88 valence electrons. The van der Waals surface area contributed by atoms with Gasteiger partial charge in [0, 0.05) is 7.11 Å². The molecule has 1 rings (SSSR count). The van der Waals surface area contributed by atoms with Gasteiger partial charge in [-0.1, -0.05) is 0 Å². The second-order valence-corrected chi connectivity index (χ2v) is 4.95. The van der Waals surface area contributed by atoms with Gasteiger partial charge in [-0.3, -0.25) is 0 Å². The first-order valence-electron chi connectivity index (χ1n) is 5.39. The van der Waals surface area contributed by atoms with Gasteiger partial charge in [-0.15, -0.1) is 0 Å². The predicted molar refractivity (Wildman–Crippen MR) is 57.7 cm³/mol. The third-order valence-corrected chi connectivity index (χ3v) is 2.57. The van der Waals surface area contributed by atoms with E-state index in [4.69, 9.17) is 9.47 Å². The van der Waals surface area contributed by atoms with E-state index in [-0.39, 0.29) is 5.97 Å². The first-order valence-corrected chi connectivity index (χ1v) is 5.39. The minimum atomic E-state index is -0.738. The van der Waals surface area contributed by atoms with Crippen LogP contribution >= 0.6 is 0 Å². The van der Waals surface area contributed by atoms with Crippen molar-refractivity contribution in [2.75, 3.05) is 20.2 Å². The van der Waals surface area contributed by atoms with E-state index in [0.717, 1.165) is 13.1 Å². The highest BCUT2D eigenvalue weighted by Crippen LogP contribution is 2.26. The molecule has 0 radical (unpaired) electrons. The Hall–Kier alpha value is -0.610. The summed E-state index contributed by atoms with van der Waals surface area (Å²) in [5.41, 5.74) is -1.19. The molecule has 1 aliphatic rings. The third kappa shape index (κ3) is 3.18. The summed E-state index contributed by atoms with van der Waals surface area (Å²) in [5.74, 6) is -0.237. The van der Waals surface area contributed by atoms with Crippen LogP contribution in [0, 0.1) is 0 Å². The second kappa shape index (κ2) is 4.49. The lowest BCUT2D eigenvalue weighted by atomic mass is 9.92. The van der Waals surface area contributed by atoms with Gasteiger partial charge in [0.1, 0.15) is 5.60 Å². The lowest BCUT2D eigenvalue weighted by Gasteiger charge is -2.36. The number of carbonyl (C=O) groups excluding carboxylic acids is 1. The zero-order valence-corrected chi connectivity index (χ0v) is 10.1.